The summed E-state index contributed by atoms with van der Waals surface area (Å²) in [5.74, 6) is -0.190. The van der Waals surface area contributed by atoms with E-state index in [0.29, 0.717) is 0 Å². The van der Waals surface area contributed by atoms with E-state index < -0.39 is 42.3 Å². The number of hydrogen-bond acceptors (Lipinski definition) is 7. The molecule has 0 saturated carbocycles. The fraction of sp³-hybridized carbons (Fsp3) is 0.450. The zero-order valence-corrected chi connectivity index (χ0v) is 15.8. The summed E-state index contributed by atoms with van der Waals surface area (Å²) < 4.78 is 18.5. The molecule has 0 amide bonds. The van der Waals surface area contributed by atoms with Gasteiger partial charge in [0.1, 0.15) is 23.6 Å². The topological polar surface area (TPSA) is 110 Å². The summed E-state index contributed by atoms with van der Waals surface area (Å²) >= 11 is 0. The number of ether oxygens (including phenoxy) is 3. The van der Waals surface area contributed by atoms with Gasteiger partial charge in [-0.1, -0.05) is 30.3 Å². The minimum atomic E-state index is -1.38. The van der Waals surface area contributed by atoms with E-state index in [1.807, 2.05) is 30.3 Å². The van der Waals surface area contributed by atoms with Crippen molar-refractivity contribution < 1.29 is 29.5 Å². The van der Waals surface area contributed by atoms with E-state index in [1.165, 1.54) is 19.4 Å². The van der Waals surface area contributed by atoms with E-state index in [0.717, 1.165) is 16.2 Å². The summed E-state index contributed by atoms with van der Waals surface area (Å²) in [5.41, 5.74) is -0.989. The van der Waals surface area contributed by atoms with Crippen LogP contribution in [0.1, 0.15) is 18.7 Å². The van der Waals surface area contributed by atoms with Gasteiger partial charge in [-0.05, 0) is 18.6 Å². The third-order valence-electron chi connectivity index (χ3n) is 5.16. The first-order valence-corrected chi connectivity index (χ1v) is 8.99. The molecular weight excluding hydrogens is 366 g/mol. The van der Waals surface area contributed by atoms with Crippen LogP contribution >= 0.6 is 0 Å². The van der Waals surface area contributed by atoms with Gasteiger partial charge >= 0.3 is 0 Å². The van der Waals surface area contributed by atoms with Crippen molar-refractivity contribution in [2.45, 2.75) is 43.7 Å². The molecule has 8 heteroatoms. The number of benzene rings is 1. The Balaban J connectivity index is 1.86. The van der Waals surface area contributed by atoms with Crippen LogP contribution in [0.25, 0.3) is 0 Å². The molecule has 1 fully saturated rings. The minimum Gasteiger partial charge on any atom is -0.508 e. The first-order chi connectivity index (χ1) is 13.4. The smallest absolute Gasteiger partial charge is 0.256 e. The lowest BCUT2D eigenvalue weighted by Crippen LogP contribution is -2.55. The average molecular weight is 391 g/mol. The maximum atomic E-state index is 12.2. The van der Waals surface area contributed by atoms with Gasteiger partial charge in [0.25, 0.3) is 5.56 Å². The lowest BCUT2D eigenvalue weighted by molar-refractivity contribution is -0.199. The molecule has 0 radical (unpaired) electrons. The molecule has 8 nitrogen and oxygen atoms in total. The molecule has 1 aromatic carbocycles. The van der Waals surface area contributed by atoms with E-state index in [1.54, 1.807) is 6.92 Å². The largest absolute Gasteiger partial charge is 0.508 e. The molecule has 1 aliphatic rings. The first kappa shape index (κ1) is 20.5. The van der Waals surface area contributed by atoms with Crippen LogP contribution in [0.3, 0.4) is 0 Å². The van der Waals surface area contributed by atoms with Crippen molar-refractivity contribution >= 4 is 0 Å². The highest BCUT2D eigenvalue weighted by Gasteiger charge is 2.59. The van der Waals surface area contributed by atoms with Gasteiger partial charge in [-0.25, -0.2) is 0 Å². The number of rotatable bonds is 7. The number of pyridine rings is 1. The standard InChI is InChI=1S/C20H25NO7/c1-13(27-11-14-6-4-3-5-7-14)20(12-22)18(26-2)17(25)19(28-20)21-9-8-15(23)10-16(21)24/h3-10,13,17-19,22-23,25H,11-12H2,1-2H3. The van der Waals surface area contributed by atoms with E-state index >= 15 is 0 Å². The van der Waals surface area contributed by atoms with Crippen LogP contribution in [0.4, 0.5) is 0 Å². The Hall–Kier alpha value is -2.23. The predicted molar refractivity (Wildman–Crippen MR) is 99.8 cm³/mol. The van der Waals surface area contributed by atoms with Crippen molar-refractivity contribution in [3.05, 3.63) is 64.6 Å². The molecule has 2 heterocycles. The van der Waals surface area contributed by atoms with E-state index in [2.05, 4.69) is 0 Å². The summed E-state index contributed by atoms with van der Waals surface area (Å²) in [6, 6.07) is 11.8. The Labute approximate surface area is 162 Å². The van der Waals surface area contributed by atoms with Crippen LogP contribution < -0.4 is 5.56 Å². The highest BCUT2D eigenvalue weighted by Crippen LogP contribution is 2.41. The molecule has 0 bridgehead atoms. The summed E-state index contributed by atoms with van der Waals surface area (Å²) in [7, 11) is 1.40. The van der Waals surface area contributed by atoms with Gasteiger partial charge in [0.05, 0.1) is 19.3 Å². The van der Waals surface area contributed by atoms with Crippen LogP contribution in [0.2, 0.25) is 0 Å². The van der Waals surface area contributed by atoms with Crippen LogP contribution in [-0.2, 0) is 20.8 Å². The third-order valence-corrected chi connectivity index (χ3v) is 5.16. The second kappa shape index (κ2) is 8.42. The summed E-state index contributed by atoms with van der Waals surface area (Å²) in [6.45, 7) is 1.52. The van der Waals surface area contributed by atoms with Crippen LogP contribution in [0, 0.1) is 0 Å². The molecule has 1 aliphatic heterocycles. The number of aromatic nitrogens is 1. The maximum absolute atomic E-state index is 12.2. The quantitative estimate of drug-likeness (QED) is 0.640. The van der Waals surface area contributed by atoms with E-state index in [9.17, 15) is 20.1 Å². The molecule has 3 N–H and O–H groups in total. The van der Waals surface area contributed by atoms with E-state index in [4.69, 9.17) is 14.2 Å². The fourth-order valence-corrected chi connectivity index (χ4v) is 3.57. The molecule has 3 rings (SSSR count). The number of aliphatic hydroxyl groups excluding tert-OH is 2. The van der Waals surface area contributed by atoms with Crippen molar-refractivity contribution in [2.75, 3.05) is 13.7 Å². The Morgan fingerprint density at radius 3 is 2.61 bits per heavy atom. The van der Waals surface area contributed by atoms with Crippen LogP contribution in [-0.4, -0.2) is 57.5 Å². The van der Waals surface area contributed by atoms with Gasteiger partial charge in [-0.15, -0.1) is 0 Å². The van der Waals surface area contributed by atoms with Gasteiger partial charge in [0, 0.05) is 19.4 Å². The molecule has 5 atom stereocenters. The number of aliphatic hydroxyl groups is 2. The molecule has 0 spiro atoms. The predicted octanol–water partition coefficient (Wildman–Crippen LogP) is 0.795. The summed E-state index contributed by atoms with van der Waals surface area (Å²) in [5, 5.41) is 30.4. The summed E-state index contributed by atoms with van der Waals surface area (Å²) in [4.78, 5) is 12.2. The highest BCUT2D eigenvalue weighted by molar-refractivity contribution is 5.17. The monoisotopic (exact) mass is 391 g/mol. The van der Waals surface area contributed by atoms with Crippen LogP contribution in [0.15, 0.2) is 53.5 Å². The maximum Gasteiger partial charge on any atom is 0.256 e. The van der Waals surface area contributed by atoms with Gasteiger partial charge in [0.2, 0.25) is 0 Å². The Morgan fingerprint density at radius 1 is 1.29 bits per heavy atom. The second-order valence-electron chi connectivity index (χ2n) is 6.84. The lowest BCUT2D eigenvalue weighted by Gasteiger charge is -2.37. The number of methoxy groups -OCH3 is 1. The molecule has 2 aromatic rings. The molecular formula is C20H25NO7. The Morgan fingerprint density at radius 2 is 2.00 bits per heavy atom. The molecule has 0 aliphatic carbocycles. The summed E-state index contributed by atoms with van der Waals surface area (Å²) in [6.07, 6.45) is -2.61. The molecule has 5 unspecified atom stereocenters. The van der Waals surface area contributed by atoms with Crippen molar-refractivity contribution in [1.82, 2.24) is 4.57 Å². The molecule has 1 saturated heterocycles. The van der Waals surface area contributed by atoms with Crippen LogP contribution in [0.5, 0.6) is 5.75 Å². The van der Waals surface area contributed by atoms with Gasteiger partial charge in [-0.2, -0.15) is 0 Å². The molecule has 152 valence electrons. The first-order valence-electron chi connectivity index (χ1n) is 8.99. The van der Waals surface area contributed by atoms with E-state index in [-0.39, 0.29) is 12.4 Å². The van der Waals surface area contributed by atoms with Gasteiger partial charge < -0.3 is 29.5 Å². The van der Waals surface area contributed by atoms with Crippen molar-refractivity contribution in [2.24, 2.45) is 0 Å². The molecule has 1 aromatic heterocycles. The Bertz CT molecular complexity index is 840. The fourth-order valence-electron chi connectivity index (χ4n) is 3.57. The zero-order valence-electron chi connectivity index (χ0n) is 15.8. The SMILES string of the molecule is COC1C(O)C(n2ccc(O)cc2=O)OC1(CO)C(C)OCc1ccccc1. The van der Waals surface area contributed by atoms with Gasteiger partial charge in [-0.3, -0.25) is 9.36 Å². The molecule has 28 heavy (non-hydrogen) atoms. The minimum absolute atomic E-state index is 0.190. The number of hydrogen-bond donors (Lipinski definition) is 3. The van der Waals surface area contributed by atoms with Crippen molar-refractivity contribution in [3.63, 3.8) is 0 Å². The Kier molecular flexibility index (Phi) is 6.17. The van der Waals surface area contributed by atoms with Crippen molar-refractivity contribution in [3.8, 4) is 5.75 Å². The number of aromatic hydroxyl groups is 1. The zero-order chi connectivity index (χ0) is 20.3. The average Bonchev–Trinajstić information content (AvgIpc) is 2.99. The second-order valence-corrected chi connectivity index (χ2v) is 6.84. The highest BCUT2D eigenvalue weighted by atomic mass is 16.6. The lowest BCUT2D eigenvalue weighted by atomic mass is 9.90. The van der Waals surface area contributed by atoms with Crippen molar-refractivity contribution in [1.29, 1.82) is 0 Å². The normalized spacial score (nSPS) is 28.4. The van der Waals surface area contributed by atoms with Gasteiger partial charge in [0.15, 0.2) is 6.23 Å². The number of nitrogens with zero attached hydrogens (tertiary/aromatic N) is 1. The third kappa shape index (κ3) is 3.69.